The number of non-ortho nitro benzene ring substituents is 1. The first-order chi connectivity index (χ1) is 14.2. The summed E-state index contributed by atoms with van der Waals surface area (Å²) in [5, 5.41) is 13.7. The molecule has 30 heavy (non-hydrogen) atoms. The Morgan fingerprint density at radius 3 is 2.60 bits per heavy atom. The zero-order chi connectivity index (χ0) is 21.7. The molecule has 0 fully saturated rings. The first-order valence-electron chi connectivity index (χ1n) is 9.16. The van der Waals surface area contributed by atoms with Crippen LogP contribution in [0.2, 0.25) is 0 Å². The van der Waals surface area contributed by atoms with E-state index in [-0.39, 0.29) is 36.7 Å². The summed E-state index contributed by atoms with van der Waals surface area (Å²) in [5.74, 6) is 0.868. The molecule has 0 saturated carbocycles. The highest BCUT2D eigenvalue weighted by molar-refractivity contribution is 7.92. The summed E-state index contributed by atoms with van der Waals surface area (Å²) >= 11 is 0. The molecule has 11 heteroatoms. The summed E-state index contributed by atoms with van der Waals surface area (Å²) < 4.78 is 36.2. The second kappa shape index (κ2) is 8.99. The van der Waals surface area contributed by atoms with Gasteiger partial charge in [0.25, 0.3) is 5.69 Å². The van der Waals surface area contributed by atoms with Crippen LogP contribution in [-0.4, -0.2) is 45.3 Å². The Labute approximate surface area is 173 Å². The standard InChI is InChI=1S/C19H21N3O7S/c1-30(26,27)21(15-4-2-5-16(13-15)22(24)25)9-3-6-19(23)20-14-7-8-17-18(12-14)29-11-10-28-17/h2,4-5,7-8,12-13H,3,6,9-11H2,1H3,(H,20,23). The first-order valence-corrected chi connectivity index (χ1v) is 11.0. The SMILES string of the molecule is CS(=O)(=O)N(CCCC(=O)Nc1ccc2c(c1)OCCO2)c1cccc([N+](=O)[O-])c1. The minimum absolute atomic E-state index is 0.00849. The first kappa shape index (κ1) is 21.4. The number of hydrogen-bond donors (Lipinski definition) is 1. The molecule has 1 N–H and O–H groups in total. The van der Waals surface area contributed by atoms with E-state index in [9.17, 15) is 23.3 Å². The van der Waals surface area contributed by atoms with Crippen molar-refractivity contribution in [2.45, 2.75) is 12.8 Å². The summed E-state index contributed by atoms with van der Waals surface area (Å²) in [5.41, 5.74) is 0.513. The number of ether oxygens (including phenoxy) is 2. The number of nitrogens with zero attached hydrogens (tertiary/aromatic N) is 2. The Balaban J connectivity index is 1.60. The van der Waals surface area contributed by atoms with E-state index in [0.29, 0.717) is 30.4 Å². The van der Waals surface area contributed by atoms with Gasteiger partial charge in [0.05, 0.1) is 16.9 Å². The maximum atomic E-state index is 12.3. The number of nitro groups is 1. The van der Waals surface area contributed by atoms with E-state index in [1.807, 2.05) is 0 Å². The van der Waals surface area contributed by atoms with Crippen molar-refractivity contribution in [2.24, 2.45) is 0 Å². The van der Waals surface area contributed by atoms with Crippen LogP contribution in [0.5, 0.6) is 11.5 Å². The predicted molar refractivity (Wildman–Crippen MR) is 111 cm³/mol. The molecule has 1 amide bonds. The summed E-state index contributed by atoms with van der Waals surface area (Å²) in [7, 11) is -3.68. The van der Waals surface area contributed by atoms with E-state index < -0.39 is 14.9 Å². The molecule has 10 nitrogen and oxygen atoms in total. The minimum Gasteiger partial charge on any atom is -0.486 e. The van der Waals surface area contributed by atoms with Gasteiger partial charge in [0.1, 0.15) is 13.2 Å². The van der Waals surface area contributed by atoms with E-state index in [1.165, 1.54) is 24.3 Å². The van der Waals surface area contributed by atoms with Gasteiger partial charge in [-0.05, 0) is 24.6 Å². The second-order valence-corrected chi connectivity index (χ2v) is 8.53. The van der Waals surface area contributed by atoms with Crippen LogP contribution < -0.4 is 19.1 Å². The molecule has 0 aromatic heterocycles. The van der Waals surface area contributed by atoms with Crippen LogP contribution in [0.15, 0.2) is 42.5 Å². The molecule has 160 valence electrons. The van der Waals surface area contributed by atoms with E-state index in [1.54, 1.807) is 18.2 Å². The molecule has 0 aliphatic carbocycles. The Hall–Kier alpha value is -3.34. The molecule has 0 saturated heterocycles. The summed E-state index contributed by atoms with van der Waals surface area (Å²) in [6.45, 7) is 0.915. The lowest BCUT2D eigenvalue weighted by atomic mass is 10.2. The highest BCUT2D eigenvalue weighted by Crippen LogP contribution is 2.32. The van der Waals surface area contributed by atoms with Crippen molar-refractivity contribution in [3.8, 4) is 11.5 Å². The normalized spacial score (nSPS) is 12.8. The molecule has 0 radical (unpaired) electrons. The zero-order valence-electron chi connectivity index (χ0n) is 16.2. The lowest BCUT2D eigenvalue weighted by Crippen LogP contribution is -2.31. The van der Waals surface area contributed by atoms with Crippen molar-refractivity contribution in [2.75, 3.05) is 35.6 Å². The van der Waals surface area contributed by atoms with Crippen molar-refractivity contribution in [3.05, 3.63) is 52.6 Å². The van der Waals surface area contributed by atoms with Gasteiger partial charge in [-0.25, -0.2) is 8.42 Å². The van der Waals surface area contributed by atoms with Crippen LogP contribution in [0.1, 0.15) is 12.8 Å². The second-order valence-electron chi connectivity index (χ2n) is 6.62. The molecule has 0 atom stereocenters. The van der Waals surface area contributed by atoms with Crippen LogP contribution in [0.3, 0.4) is 0 Å². The van der Waals surface area contributed by atoms with Crippen LogP contribution in [0.25, 0.3) is 0 Å². The number of benzene rings is 2. The highest BCUT2D eigenvalue weighted by atomic mass is 32.2. The third kappa shape index (κ3) is 5.38. The summed E-state index contributed by atoms with van der Waals surface area (Å²) in [6.07, 6.45) is 1.31. The van der Waals surface area contributed by atoms with Crippen molar-refractivity contribution >= 4 is 33.0 Å². The molecule has 0 spiro atoms. The molecular weight excluding hydrogens is 414 g/mol. The number of anilines is 2. The Bertz CT molecular complexity index is 1060. The molecule has 0 unspecified atom stereocenters. The van der Waals surface area contributed by atoms with Crippen molar-refractivity contribution < 1.29 is 27.6 Å². The molecule has 2 aromatic carbocycles. The molecule has 3 rings (SSSR count). The number of nitrogens with one attached hydrogen (secondary N) is 1. The van der Waals surface area contributed by atoms with E-state index >= 15 is 0 Å². The lowest BCUT2D eigenvalue weighted by Gasteiger charge is -2.22. The third-order valence-electron chi connectivity index (χ3n) is 4.32. The van der Waals surface area contributed by atoms with Crippen LogP contribution in [-0.2, 0) is 14.8 Å². The smallest absolute Gasteiger partial charge is 0.271 e. The number of carbonyl (C=O) groups is 1. The third-order valence-corrected chi connectivity index (χ3v) is 5.51. The minimum atomic E-state index is -3.68. The van der Waals surface area contributed by atoms with Gasteiger partial charge < -0.3 is 14.8 Å². The number of rotatable bonds is 8. The fourth-order valence-corrected chi connectivity index (χ4v) is 3.93. The lowest BCUT2D eigenvalue weighted by molar-refractivity contribution is -0.384. The van der Waals surface area contributed by atoms with Gasteiger partial charge in [0.2, 0.25) is 15.9 Å². The maximum Gasteiger partial charge on any atom is 0.271 e. The number of amides is 1. The van der Waals surface area contributed by atoms with Gasteiger partial charge in [0.15, 0.2) is 11.5 Å². The Morgan fingerprint density at radius 2 is 1.90 bits per heavy atom. The number of nitro benzene ring substituents is 1. The van der Waals surface area contributed by atoms with Crippen LogP contribution in [0, 0.1) is 10.1 Å². The fraction of sp³-hybridized carbons (Fsp3) is 0.316. The molecular formula is C19H21N3O7S. The van der Waals surface area contributed by atoms with Gasteiger partial charge in [0, 0.05) is 36.9 Å². The molecule has 1 aliphatic heterocycles. The Kier molecular flexibility index (Phi) is 6.40. The number of sulfonamides is 1. The monoisotopic (exact) mass is 435 g/mol. The topological polar surface area (TPSA) is 128 Å². The van der Waals surface area contributed by atoms with Gasteiger partial charge in [-0.3, -0.25) is 19.2 Å². The molecule has 2 aromatic rings. The van der Waals surface area contributed by atoms with E-state index in [4.69, 9.17) is 9.47 Å². The fourth-order valence-electron chi connectivity index (χ4n) is 2.98. The highest BCUT2D eigenvalue weighted by Gasteiger charge is 2.20. The average Bonchev–Trinajstić information content (AvgIpc) is 2.70. The molecule has 1 aliphatic rings. The van der Waals surface area contributed by atoms with Gasteiger partial charge in [-0.15, -0.1) is 0 Å². The van der Waals surface area contributed by atoms with E-state index in [0.717, 1.165) is 10.6 Å². The number of fused-ring (bicyclic) bond motifs is 1. The van der Waals surface area contributed by atoms with Crippen LogP contribution >= 0.6 is 0 Å². The van der Waals surface area contributed by atoms with Crippen LogP contribution in [0.4, 0.5) is 17.1 Å². The van der Waals surface area contributed by atoms with Gasteiger partial charge >= 0.3 is 0 Å². The molecule has 0 bridgehead atoms. The largest absolute Gasteiger partial charge is 0.486 e. The average molecular weight is 435 g/mol. The quantitative estimate of drug-likeness (QED) is 0.498. The van der Waals surface area contributed by atoms with E-state index in [2.05, 4.69) is 5.32 Å². The van der Waals surface area contributed by atoms with Gasteiger partial charge in [-0.1, -0.05) is 6.07 Å². The zero-order valence-corrected chi connectivity index (χ0v) is 17.1. The van der Waals surface area contributed by atoms with Gasteiger partial charge in [-0.2, -0.15) is 0 Å². The van der Waals surface area contributed by atoms with Crippen molar-refractivity contribution in [3.63, 3.8) is 0 Å². The number of carbonyl (C=O) groups excluding carboxylic acids is 1. The Morgan fingerprint density at radius 1 is 1.17 bits per heavy atom. The number of hydrogen-bond acceptors (Lipinski definition) is 7. The van der Waals surface area contributed by atoms with Crippen molar-refractivity contribution in [1.29, 1.82) is 0 Å². The molecule has 1 heterocycles. The summed E-state index contributed by atoms with van der Waals surface area (Å²) in [4.78, 5) is 22.6. The summed E-state index contributed by atoms with van der Waals surface area (Å²) in [6, 6.07) is 10.4. The van der Waals surface area contributed by atoms with Crippen molar-refractivity contribution in [1.82, 2.24) is 0 Å². The predicted octanol–water partition coefficient (Wildman–Crippen LogP) is 2.55. The maximum absolute atomic E-state index is 12.3.